The molecule has 1 heterocycles. The maximum Gasteiger partial charge on any atom is 0.405 e. The van der Waals surface area contributed by atoms with Gasteiger partial charge in [0.25, 0.3) is 0 Å². The van der Waals surface area contributed by atoms with Crippen molar-refractivity contribution in [3.8, 4) is 0 Å². The van der Waals surface area contributed by atoms with Gasteiger partial charge in [-0.05, 0) is 18.8 Å². The average molecular weight is 238 g/mol. The summed E-state index contributed by atoms with van der Waals surface area (Å²) in [6, 6.07) is -0.540. The van der Waals surface area contributed by atoms with Crippen LogP contribution in [0, 0.1) is 5.92 Å². The molecule has 0 radical (unpaired) electrons. The fourth-order valence-electron chi connectivity index (χ4n) is 2.02. The molecule has 0 bridgehead atoms. The second-order valence-electron chi connectivity index (χ2n) is 4.42. The highest BCUT2D eigenvalue weighted by atomic mass is 19.4. The van der Waals surface area contributed by atoms with E-state index in [0.29, 0.717) is 6.54 Å². The summed E-state index contributed by atoms with van der Waals surface area (Å²) in [5.41, 5.74) is 0. The first-order valence-electron chi connectivity index (χ1n) is 5.42. The molecule has 1 unspecified atom stereocenters. The Balaban J connectivity index is 2.47. The number of hydrogen-bond acceptors (Lipinski definition) is 1. The van der Waals surface area contributed by atoms with E-state index in [0.717, 1.165) is 12.8 Å². The molecule has 16 heavy (non-hydrogen) atoms. The molecule has 0 aromatic heterocycles. The Labute approximate surface area is 93.0 Å². The van der Waals surface area contributed by atoms with Crippen LogP contribution in [0.25, 0.3) is 0 Å². The molecule has 6 heteroatoms. The third-order valence-electron chi connectivity index (χ3n) is 2.77. The number of likely N-dealkylation sites (tertiary alicyclic amines) is 1. The standard InChI is InChI=1S/C10H17F3N2O/c1-7(2)8-4-3-5-15(8)9(16)14-6-10(11,12)13/h7-8H,3-6H2,1-2H3,(H,14,16). The Hall–Kier alpha value is -0.940. The Morgan fingerprint density at radius 1 is 1.50 bits per heavy atom. The molecule has 1 aliphatic rings. The van der Waals surface area contributed by atoms with Gasteiger partial charge in [0, 0.05) is 12.6 Å². The molecule has 0 aliphatic carbocycles. The van der Waals surface area contributed by atoms with Crippen LogP contribution >= 0.6 is 0 Å². The van der Waals surface area contributed by atoms with Gasteiger partial charge >= 0.3 is 12.2 Å². The lowest BCUT2D eigenvalue weighted by Crippen LogP contribution is -2.47. The molecule has 1 aliphatic heterocycles. The molecule has 0 aromatic carbocycles. The first kappa shape index (κ1) is 13.1. The molecule has 0 aromatic rings. The van der Waals surface area contributed by atoms with Crippen molar-refractivity contribution < 1.29 is 18.0 Å². The zero-order valence-corrected chi connectivity index (χ0v) is 9.47. The number of urea groups is 1. The van der Waals surface area contributed by atoms with Crippen LogP contribution in [0.3, 0.4) is 0 Å². The van der Waals surface area contributed by atoms with Crippen molar-refractivity contribution in [2.75, 3.05) is 13.1 Å². The lowest BCUT2D eigenvalue weighted by Gasteiger charge is -2.27. The number of halogens is 3. The molecular weight excluding hydrogens is 221 g/mol. The quantitative estimate of drug-likeness (QED) is 0.787. The molecule has 1 saturated heterocycles. The van der Waals surface area contributed by atoms with Gasteiger partial charge in [-0.15, -0.1) is 0 Å². The molecule has 1 fully saturated rings. The Kier molecular flexibility index (Phi) is 4.04. The molecule has 2 amide bonds. The first-order chi connectivity index (χ1) is 7.31. The number of rotatable bonds is 2. The van der Waals surface area contributed by atoms with E-state index >= 15 is 0 Å². The van der Waals surface area contributed by atoms with Gasteiger partial charge in [0.15, 0.2) is 0 Å². The highest BCUT2D eigenvalue weighted by Gasteiger charge is 2.33. The van der Waals surface area contributed by atoms with Gasteiger partial charge in [0.05, 0.1) is 0 Å². The number of carbonyl (C=O) groups excluding carboxylic acids is 1. The largest absolute Gasteiger partial charge is 0.405 e. The zero-order valence-electron chi connectivity index (χ0n) is 9.47. The van der Waals surface area contributed by atoms with Gasteiger partial charge < -0.3 is 10.2 Å². The molecule has 0 saturated carbocycles. The number of amides is 2. The molecule has 3 nitrogen and oxygen atoms in total. The predicted octanol–water partition coefficient (Wildman–Crippen LogP) is 2.38. The summed E-state index contributed by atoms with van der Waals surface area (Å²) in [5, 5.41) is 1.91. The van der Waals surface area contributed by atoms with E-state index in [1.165, 1.54) is 4.90 Å². The molecular formula is C10H17F3N2O. The Morgan fingerprint density at radius 3 is 2.62 bits per heavy atom. The molecule has 1 N–H and O–H groups in total. The van der Waals surface area contributed by atoms with E-state index in [4.69, 9.17) is 0 Å². The summed E-state index contributed by atoms with van der Waals surface area (Å²) in [6.07, 6.45) is -2.61. The SMILES string of the molecule is CC(C)C1CCCN1C(=O)NCC(F)(F)F. The lowest BCUT2D eigenvalue weighted by molar-refractivity contribution is -0.123. The molecule has 1 atom stereocenters. The van der Waals surface area contributed by atoms with Crippen LogP contribution in [0.2, 0.25) is 0 Å². The number of alkyl halides is 3. The fraction of sp³-hybridized carbons (Fsp3) is 0.900. The summed E-state index contributed by atoms with van der Waals surface area (Å²) in [4.78, 5) is 13.0. The van der Waals surface area contributed by atoms with Crippen LogP contribution in [-0.4, -0.2) is 36.2 Å². The van der Waals surface area contributed by atoms with Gasteiger partial charge in [-0.3, -0.25) is 0 Å². The number of nitrogens with zero attached hydrogens (tertiary/aromatic N) is 1. The number of nitrogens with one attached hydrogen (secondary N) is 1. The van der Waals surface area contributed by atoms with E-state index < -0.39 is 18.8 Å². The maximum atomic E-state index is 11.9. The van der Waals surface area contributed by atoms with Crippen molar-refractivity contribution in [2.24, 2.45) is 5.92 Å². The van der Waals surface area contributed by atoms with Crippen molar-refractivity contribution in [3.63, 3.8) is 0 Å². The third kappa shape index (κ3) is 3.57. The van der Waals surface area contributed by atoms with E-state index in [9.17, 15) is 18.0 Å². The van der Waals surface area contributed by atoms with Gasteiger partial charge in [0.1, 0.15) is 6.54 Å². The van der Waals surface area contributed by atoms with Gasteiger partial charge in [-0.2, -0.15) is 13.2 Å². The van der Waals surface area contributed by atoms with Crippen molar-refractivity contribution in [2.45, 2.75) is 38.9 Å². The van der Waals surface area contributed by atoms with Gasteiger partial charge in [-0.25, -0.2) is 4.79 Å². The summed E-state index contributed by atoms with van der Waals surface area (Å²) in [6.45, 7) is 3.24. The van der Waals surface area contributed by atoms with Gasteiger partial charge in [0.2, 0.25) is 0 Å². The van der Waals surface area contributed by atoms with Crippen molar-refractivity contribution >= 4 is 6.03 Å². The fourth-order valence-corrected chi connectivity index (χ4v) is 2.02. The van der Waals surface area contributed by atoms with Crippen LogP contribution < -0.4 is 5.32 Å². The highest BCUT2D eigenvalue weighted by Crippen LogP contribution is 2.23. The van der Waals surface area contributed by atoms with Crippen LogP contribution in [-0.2, 0) is 0 Å². The zero-order chi connectivity index (χ0) is 12.3. The average Bonchev–Trinajstić information content (AvgIpc) is 2.61. The van der Waals surface area contributed by atoms with E-state index in [-0.39, 0.29) is 12.0 Å². The molecule has 94 valence electrons. The second kappa shape index (κ2) is 4.93. The first-order valence-corrected chi connectivity index (χ1v) is 5.42. The maximum absolute atomic E-state index is 11.9. The highest BCUT2D eigenvalue weighted by molar-refractivity contribution is 5.74. The molecule has 1 rings (SSSR count). The Bertz CT molecular complexity index is 253. The van der Waals surface area contributed by atoms with Crippen LogP contribution in [0.1, 0.15) is 26.7 Å². The summed E-state index contributed by atoms with van der Waals surface area (Å²) in [7, 11) is 0. The predicted molar refractivity (Wildman–Crippen MR) is 54.0 cm³/mol. The normalized spacial score (nSPS) is 21.6. The topological polar surface area (TPSA) is 32.3 Å². The second-order valence-corrected chi connectivity index (χ2v) is 4.42. The van der Waals surface area contributed by atoms with Crippen molar-refractivity contribution in [1.29, 1.82) is 0 Å². The minimum atomic E-state index is -4.34. The van der Waals surface area contributed by atoms with Crippen molar-refractivity contribution in [3.05, 3.63) is 0 Å². The summed E-state index contributed by atoms with van der Waals surface area (Å²) < 4.78 is 35.8. The van der Waals surface area contributed by atoms with E-state index in [2.05, 4.69) is 0 Å². The van der Waals surface area contributed by atoms with Crippen LogP contribution in [0.5, 0.6) is 0 Å². The lowest BCUT2D eigenvalue weighted by atomic mass is 10.0. The van der Waals surface area contributed by atoms with Gasteiger partial charge in [-0.1, -0.05) is 13.8 Å². The number of hydrogen-bond donors (Lipinski definition) is 1. The Morgan fingerprint density at radius 2 is 2.12 bits per heavy atom. The molecule has 0 spiro atoms. The van der Waals surface area contributed by atoms with E-state index in [1.54, 1.807) is 0 Å². The minimum Gasteiger partial charge on any atom is -0.329 e. The van der Waals surface area contributed by atoms with Crippen LogP contribution in [0.4, 0.5) is 18.0 Å². The smallest absolute Gasteiger partial charge is 0.329 e. The minimum absolute atomic E-state index is 0.0632. The van der Waals surface area contributed by atoms with E-state index in [1.807, 2.05) is 19.2 Å². The monoisotopic (exact) mass is 238 g/mol. The summed E-state index contributed by atoms with van der Waals surface area (Å²) >= 11 is 0. The number of carbonyl (C=O) groups is 1. The van der Waals surface area contributed by atoms with Crippen molar-refractivity contribution in [1.82, 2.24) is 10.2 Å². The summed E-state index contributed by atoms with van der Waals surface area (Å²) in [5.74, 6) is 0.277. The third-order valence-corrected chi connectivity index (χ3v) is 2.77. The van der Waals surface area contributed by atoms with Crippen LogP contribution in [0.15, 0.2) is 0 Å².